The number of furan rings is 1. The molecule has 172 valence electrons. The summed E-state index contributed by atoms with van der Waals surface area (Å²) in [6.07, 6.45) is 0. The number of hydrogen-bond acceptors (Lipinski definition) is 1. The first-order chi connectivity index (χ1) is 27.1. The van der Waals surface area contributed by atoms with E-state index in [0.717, 1.165) is 6.07 Å². The first-order valence-corrected chi connectivity index (χ1v) is 11.0. The lowest BCUT2D eigenvalue weighted by Crippen LogP contribution is -1.91. The van der Waals surface area contributed by atoms with Crippen LogP contribution in [0.5, 0.6) is 0 Å². The Kier molecular flexibility index (Phi) is 1.82. The van der Waals surface area contributed by atoms with Gasteiger partial charge >= 0.3 is 0 Å². The van der Waals surface area contributed by atoms with E-state index in [9.17, 15) is 9.60 Å². The summed E-state index contributed by atoms with van der Waals surface area (Å²) >= 11 is 0. The molecule has 1 heteroatoms. The molecule has 0 amide bonds. The fourth-order valence-electron chi connectivity index (χ4n) is 4.61. The summed E-state index contributed by atoms with van der Waals surface area (Å²) in [6.45, 7) is 0. The minimum absolute atomic E-state index is 0.130. The Morgan fingerprint density at radius 3 is 1.78 bits per heavy atom. The van der Waals surface area contributed by atoms with Crippen LogP contribution in [-0.2, 0) is 0 Å². The maximum absolute atomic E-state index is 9.36. The SMILES string of the molecule is [2H]c1cc2c(oc3c([2H])c([2H])c([2H])c([2H])c32)c(-c2c3c([2H])c([2H])c([2H])c([2H])c3c(-c3c([2H])c([2H])c4c([2H])c([2H])c([2H])c([2H])c4c3[2H])c3c([2H])c([2H])c([2H])c([2H])c23)c1[2H]. The third-order valence-electron chi connectivity index (χ3n) is 6.14. The Morgan fingerprint density at radius 1 is 0.459 bits per heavy atom. The minimum atomic E-state index is -0.880. The molecule has 0 saturated heterocycles. The fraction of sp³-hybridized carbons (Fsp3) is 0. The Bertz CT molecular complexity index is 3210. The van der Waals surface area contributed by atoms with Gasteiger partial charge in [0.1, 0.15) is 11.2 Å². The summed E-state index contributed by atoms with van der Waals surface area (Å²) in [5.41, 5.74) is -3.04. The normalized spacial score (nSPS) is 19.7. The molecule has 0 N–H and O–H groups in total. The molecule has 0 saturated carbocycles. The molecule has 1 nitrogen and oxygen atoms in total. The molecule has 0 aliphatic heterocycles. The van der Waals surface area contributed by atoms with E-state index in [2.05, 4.69) is 0 Å². The Hall–Kier alpha value is -4.88. The van der Waals surface area contributed by atoms with Gasteiger partial charge in [0, 0.05) is 21.9 Å². The third kappa shape index (κ3) is 2.98. The Morgan fingerprint density at radius 2 is 1.05 bits per heavy atom. The van der Waals surface area contributed by atoms with Crippen LogP contribution in [0.2, 0.25) is 0 Å². The molecule has 37 heavy (non-hydrogen) atoms. The number of para-hydroxylation sites is 2. The first kappa shape index (κ1) is 8.61. The third-order valence-corrected chi connectivity index (χ3v) is 6.14. The van der Waals surface area contributed by atoms with Gasteiger partial charge in [-0.25, -0.2) is 0 Å². The van der Waals surface area contributed by atoms with E-state index in [-0.39, 0.29) is 10.8 Å². The number of benzene rings is 7. The van der Waals surface area contributed by atoms with E-state index in [0.29, 0.717) is 0 Å². The molecule has 0 radical (unpaired) electrons. The molecular weight excluding hydrogens is 448 g/mol. The van der Waals surface area contributed by atoms with Crippen LogP contribution in [0.3, 0.4) is 0 Å². The van der Waals surface area contributed by atoms with Crippen molar-refractivity contribution in [2.75, 3.05) is 0 Å². The highest BCUT2D eigenvalue weighted by molar-refractivity contribution is 6.24. The maximum Gasteiger partial charge on any atom is 0.143 e. The van der Waals surface area contributed by atoms with Crippen LogP contribution in [0, 0.1) is 0 Å². The average molecular weight is 492 g/mol. The van der Waals surface area contributed by atoms with Crippen molar-refractivity contribution >= 4 is 54.3 Å². The number of fused-ring (bicyclic) bond motifs is 6. The van der Waals surface area contributed by atoms with E-state index in [1.165, 1.54) is 0 Å². The van der Waals surface area contributed by atoms with Gasteiger partial charge in [0.25, 0.3) is 0 Å². The van der Waals surface area contributed by atoms with E-state index in [1.54, 1.807) is 0 Å². The van der Waals surface area contributed by atoms with Crippen molar-refractivity contribution in [1.29, 1.82) is 0 Å². The summed E-state index contributed by atoms with van der Waals surface area (Å²) in [6, 6.07) is -15.2. The average Bonchev–Trinajstić information content (AvgIpc) is 3.57. The van der Waals surface area contributed by atoms with Crippen molar-refractivity contribution < 1.29 is 33.2 Å². The van der Waals surface area contributed by atoms with Gasteiger partial charge < -0.3 is 4.42 Å². The topological polar surface area (TPSA) is 13.1 Å². The van der Waals surface area contributed by atoms with Gasteiger partial charge in [-0.2, -0.15) is 0 Å². The van der Waals surface area contributed by atoms with Crippen molar-refractivity contribution in [3.63, 3.8) is 0 Å². The maximum atomic E-state index is 9.36. The molecule has 1 aromatic heterocycles. The molecule has 7 aromatic carbocycles. The second-order valence-electron chi connectivity index (χ2n) is 8.09. The van der Waals surface area contributed by atoms with E-state index >= 15 is 0 Å². The van der Waals surface area contributed by atoms with Gasteiger partial charge in [-0.05, 0) is 55.5 Å². The van der Waals surface area contributed by atoms with E-state index in [4.69, 9.17) is 23.6 Å². The second kappa shape index (κ2) is 7.81. The molecule has 1 heterocycles. The van der Waals surface area contributed by atoms with Crippen LogP contribution < -0.4 is 0 Å². The Balaban J connectivity index is 1.77. The zero-order chi connectivity index (χ0) is 42.6. The van der Waals surface area contributed by atoms with Gasteiger partial charge in [0.2, 0.25) is 0 Å². The molecule has 0 aliphatic carbocycles. The van der Waals surface area contributed by atoms with E-state index in [1.807, 2.05) is 0 Å². The van der Waals surface area contributed by atoms with Crippen molar-refractivity contribution in [2.24, 2.45) is 0 Å². The smallest absolute Gasteiger partial charge is 0.143 e. The fourth-order valence-corrected chi connectivity index (χ4v) is 4.61. The summed E-state index contributed by atoms with van der Waals surface area (Å²) in [5, 5.41) is -3.66. The molecule has 0 fully saturated rings. The van der Waals surface area contributed by atoms with Crippen LogP contribution >= 0.6 is 0 Å². The monoisotopic (exact) mass is 491 g/mol. The van der Waals surface area contributed by atoms with Crippen molar-refractivity contribution in [1.82, 2.24) is 0 Å². The predicted molar refractivity (Wildman–Crippen MR) is 157 cm³/mol. The van der Waals surface area contributed by atoms with Crippen molar-refractivity contribution in [2.45, 2.75) is 0 Å². The first-order valence-electron chi connectivity index (χ1n) is 21.5. The summed E-state index contributed by atoms with van der Waals surface area (Å²) in [4.78, 5) is 0. The molecule has 0 aliphatic rings. The minimum Gasteiger partial charge on any atom is -0.455 e. The lowest BCUT2D eigenvalue weighted by atomic mass is 9.85. The largest absolute Gasteiger partial charge is 0.455 e. The van der Waals surface area contributed by atoms with Crippen LogP contribution in [0.25, 0.3) is 76.5 Å². The van der Waals surface area contributed by atoms with Crippen molar-refractivity contribution in [3.05, 3.63) is 133 Å². The lowest BCUT2D eigenvalue weighted by molar-refractivity contribution is 0.670. The summed E-state index contributed by atoms with van der Waals surface area (Å²) < 4.78 is 191. The second-order valence-corrected chi connectivity index (χ2v) is 8.09. The molecule has 8 aromatic rings. The zero-order valence-electron chi connectivity index (χ0n) is 39.5. The van der Waals surface area contributed by atoms with Gasteiger partial charge in [-0.3, -0.25) is 0 Å². The molecule has 0 spiro atoms. The summed E-state index contributed by atoms with van der Waals surface area (Å²) in [5.74, 6) is 0. The van der Waals surface area contributed by atoms with Crippen LogP contribution in [0.1, 0.15) is 28.8 Å². The number of hydrogen-bond donors (Lipinski definition) is 0. The standard InChI is InChI=1S/C36H22O/c1-2-11-24-22-25(21-20-23(24)10-1)34-27-13-3-5-15-29(27)35(30-16-6-4-14-28(30)34)32-18-9-17-31-26-12-7-8-19-33(26)37-36(31)32/h1-22H/i1D,2D,3D,4D,5D,6D,7D,8D,9D,10D,11D,12D,13D,14D,15D,16D,18D,19D,20D,21D,22D. The van der Waals surface area contributed by atoms with Gasteiger partial charge in [0.05, 0.1) is 28.8 Å². The van der Waals surface area contributed by atoms with Crippen LogP contribution in [0.4, 0.5) is 0 Å². The Labute approximate surface area is 243 Å². The quantitative estimate of drug-likeness (QED) is 0.219. The van der Waals surface area contributed by atoms with E-state index < -0.39 is 193 Å². The number of rotatable bonds is 2. The predicted octanol–water partition coefficient (Wildman–Crippen LogP) is 10.4. The molecule has 0 atom stereocenters. The molecule has 0 unspecified atom stereocenters. The molecule has 0 bridgehead atoms. The van der Waals surface area contributed by atoms with Crippen LogP contribution in [-0.4, -0.2) is 0 Å². The highest BCUT2D eigenvalue weighted by Gasteiger charge is 2.20. The lowest BCUT2D eigenvalue weighted by Gasteiger charge is -2.18. The van der Waals surface area contributed by atoms with Gasteiger partial charge in [-0.1, -0.05) is 121 Å². The zero-order valence-corrected chi connectivity index (χ0v) is 18.5. The molecular formula is C36H22O. The molecule has 8 rings (SSSR count). The highest BCUT2D eigenvalue weighted by atomic mass is 16.3. The van der Waals surface area contributed by atoms with Crippen molar-refractivity contribution in [3.8, 4) is 22.3 Å². The van der Waals surface area contributed by atoms with Gasteiger partial charge in [0.15, 0.2) is 0 Å². The highest BCUT2D eigenvalue weighted by Crippen LogP contribution is 2.46. The summed E-state index contributed by atoms with van der Waals surface area (Å²) in [7, 11) is 0. The van der Waals surface area contributed by atoms with Gasteiger partial charge in [-0.15, -0.1) is 0 Å². The van der Waals surface area contributed by atoms with Crippen LogP contribution in [0.15, 0.2) is 137 Å².